The van der Waals surface area contributed by atoms with Gasteiger partial charge in [-0.25, -0.2) is 4.99 Å². The van der Waals surface area contributed by atoms with E-state index >= 15 is 0 Å². The van der Waals surface area contributed by atoms with Crippen LogP contribution in [0, 0.1) is 19.3 Å². The summed E-state index contributed by atoms with van der Waals surface area (Å²) < 4.78 is 10.8. The maximum absolute atomic E-state index is 5.61. The number of halogens is 1. The third-order valence-corrected chi connectivity index (χ3v) is 4.83. The number of nitrogens with zero attached hydrogens (tertiary/aromatic N) is 3. The van der Waals surface area contributed by atoms with Gasteiger partial charge in [-0.3, -0.25) is 0 Å². The lowest BCUT2D eigenvalue weighted by atomic mass is 9.87. The molecule has 1 spiro atoms. The lowest BCUT2D eigenvalue weighted by Gasteiger charge is -2.24. The van der Waals surface area contributed by atoms with E-state index in [-0.39, 0.29) is 24.0 Å². The Labute approximate surface area is 155 Å². The van der Waals surface area contributed by atoms with Crippen molar-refractivity contribution in [1.82, 2.24) is 15.4 Å². The van der Waals surface area contributed by atoms with Crippen LogP contribution >= 0.6 is 24.0 Å². The molecule has 1 aromatic rings. The van der Waals surface area contributed by atoms with Crippen molar-refractivity contribution in [3.63, 3.8) is 0 Å². The molecular formula is C16H27IN4O2. The Balaban J connectivity index is 0.00000192. The van der Waals surface area contributed by atoms with Gasteiger partial charge in [-0.05, 0) is 33.6 Å². The fourth-order valence-electron chi connectivity index (χ4n) is 3.39. The summed E-state index contributed by atoms with van der Waals surface area (Å²) in [5.41, 5.74) is 2.37. The maximum atomic E-state index is 5.61. The minimum atomic E-state index is 0. The standard InChI is InChI=1S/C16H26N4O2.HI/c1-4-17-15(18-9-14-12(2)19-22-13(14)3)20-7-5-16(10-20)6-8-21-11-16;/h4-11H2,1-3H3,(H,17,18);1H. The monoisotopic (exact) mass is 434 g/mol. The molecular weight excluding hydrogens is 407 g/mol. The molecule has 0 amide bonds. The quantitative estimate of drug-likeness (QED) is 0.450. The molecule has 0 bridgehead atoms. The van der Waals surface area contributed by atoms with Crippen LogP contribution in [0.5, 0.6) is 0 Å². The molecule has 0 saturated carbocycles. The summed E-state index contributed by atoms with van der Waals surface area (Å²) in [6, 6.07) is 0. The van der Waals surface area contributed by atoms with Crippen molar-refractivity contribution in [3.8, 4) is 0 Å². The largest absolute Gasteiger partial charge is 0.381 e. The summed E-state index contributed by atoms with van der Waals surface area (Å²) in [6.07, 6.45) is 2.37. The highest BCUT2D eigenvalue weighted by Gasteiger charge is 2.42. The van der Waals surface area contributed by atoms with E-state index in [4.69, 9.17) is 14.3 Å². The normalized spacial score (nSPS) is 24.3. The molecule has 1 N–H and O–H groups in total. The molecule has 1 aromatic heterocycles. The fourth-order valence-corrected chi connectivity index (χ4v) is 3.39. The highest BCUT2D eigenvalue weighted by atomic mass is 127. The average molecular weight is 434 g/mol. The number of guanidine groups is 1. The first-order valence-corrected chi connectivity index (χ1v) is 8.16. The van der Waals surface area contributed by atoms with Crippen LogP contribution in [0.3, 0.4) is 0 Å². The van der Waals surface area contributed by atoms with Gasteiger partial charge < -0.3 is 19.5 Å². The Morgan fingerprint density at radius 3 is 2.83 bits per heavy atom. The summed E-state index contributed by atoms with van der Waals surface area (Å²) in [7, 11) is 0. The van der Waals surface area contributed by atoms with E-state index in [1.807, 2.05) is 13.8 Å². The number of nitrogens with one attached hydrogen (secondary N) is 1. The Morgan fingerprint density at radius 1 is 1.39 bits per heavy atom. The van der Waals surface area contributed by atoms with Crippen LogP contribution in [0.25, 0.3) is 0 Å². The zero-order chi connectivity index (χ0) is 15.6. The Kier molecular flexibility index (Phi) is 6.30. The van der Waals surface area contributed by atoms with Crippen LogP contribution in [0.1, 0.15) is 36.8 Å². The number of ether oxygens (including phenoxy) is 1. The molecule has 2 saturated heterocycles. The number of rotatable bonds is 3. The second kappa shape index (κ2) is 7.83. The molecule has 23 heavy (non-hydrogen) atoms. The van der Waals surface area contributed by atoms with E-state index in [1.165, 1.54) is 12.8 Å². The maximum Gasteiger partial charge on any atom is 0.194 e. The Hall–Kier alpha value is -0.830. The van der Waals surface area contributed by atoms with Crippen molar-refractivity contribution in [3.05, 3.63) is 17.0 Å². The van der Waals surface area contributed by atoms with Crippen LogP contribution in [0.15, 0.2) is 9.52 Å². The molecule has 2 fully saturated rings. The minimum Gasteiger partial charge on any atom is -0.381 e. The number of aromatic nitrogens is 1. The predicted molar refractivity (Wildman–Crippen MR) is 100 cm³/mol. The van der Waals surface area contributed by atoms with E-state index in [0.29, 0.717) is 12.0 Å². The number of hydrogen-bond donors (Lipinski definition) is 1. The van der Waals surface area contributed by atoms with Crippen LogP contribution in [0.2, 0.25) is 0 Å². The van der Waals surface area contributed by atoms with Crippen LogP contribution in [-0.2, 0) is 11.3 Å². The predicted octanol–water partition coefficient (Wildman–Crippen LogP) is 2.49. The molecule has 0 radical (unpaired) electrons. The molecule has 0 aliphatic carbocycles. The van der Waals surface area contributed by atoms with Crippen molar-refractivity contribution < 1.29 is 9.26 Å². The first-order valence-electron chi connectivity index (χ1n) is 8.16. The van der Waals surface area contributed by atoms with Gasteiger partial charge in [0.15, 0.2) is 5.96 Å². The van der Waals surface area contributed by atoms with E-state index in [9.17, 15) is 0 Å². The second-order valence-corrected chi connectivity index (χ2v) is 6.45. The molecule has 1 atom stereocenters. The summed E-state index contributed by atoms with van der Waals surface area (Å²) in [4.78, 5) is 7.18. The second-order valence-electron chi connectivity index (χ2n) is 6.45. The molecule has 6 nitrogen and oxygen atoms in total. The van der Waals surface area contributed by atoms with E-state index in [2.05, 4.69) is 22.3 Å². The highest BCUT2D eigenvalue weighted by molar-refractivity contribution is 14.0. The molecule has 2 aliphatic rings. The average Bonchev–Trinajstić information content (AvgIpc) is 3.21. The Bertz CT molecular complexity index is 533. The number of aryl methyl sites for hydroxylation is 2. The third-order valence-electron chi connectivity index (χ3n) is 4.83. The summed E-state index contributed by atoms with van der Waals surface area (Å²) in [5.74, 6) is 1.85. The van der Waals surface area contributed by atoms with Crippen LogP contribution < -0.4 is 5.32 Å². The zero-order valence-corrected chi connectivity index (χ0v) is 16.6. The number of aliphatic imine (C=N–C) groups is 1. The molecule has 3 rings (SSSR count). The van der Waals surface area contributed by atoms with Gasteiger partial charge in [-0.1, -0.05) is 5.16 Å². The lowest BCUT2D eigenvalue weighted by molar-refractivity contribution is 0.156. The smallest absolute Gasteiger partial charge is 0.194 e. The topological polar surface area (TPSA) is 62.9 Å². The van der Waals surface area contributed by atoms with Crippen LogP contribution in [0.4, 0.5) is 0 Å². The third kappa shape index (κ3) is 3.99. The van der Waals surface area contributed by atoms with E-state index in [0.717, 1.165) is 55.8 Å². The van der Waals surface area contributed by atoms with Crippen molar-refractivity contribution >= 4 is 29.9 Å². The molecule has 130 valence electrons. The number of hydrogen-bond acceptors (Lipinski definition) is 4. The van der Waals surface area contributed by atoms with Gasteiger partial charge in [0, 0.05) is 37.2 Å². The summed E-state index contributed by atoms with van der Waals surface area (Å²) in [6.45, 7) is 11.4. The fraction of sp³-hybridized carbons (Fsp3) is 0.750. The van der Waals surface area contributed by atoms with Gasteiger partial charge in [-0.2, -0.15) is 0 Å². The molecule has 3 heterocycles. The van der Waals surface area contributed by atoms with Crippen molar-refractivity contribution in [2.24, 2.45) is 10.4 Å². The van der Waals surface area contributed by atoms with Gasteiger partial charge >= 0.3 is 0 Å². The first-order chi connectivity index (χ1) is 10.6. The molecule has 1 unspecified atom stereocenters. The van der Waals surface area contributed by atoms with Crippen LogP contribution in [-0.4, -0.2) is 48.9 Å². The van der Waals surface area contributed by atoms with Gasteiger partial charge in [0.2, 0.25) is 0 Å². The first kappa shape index (κ1) is 18.5. The summed E-state index contributed by atoms with van der Waals surface area (Å²) >= 11 is 0. The minimum absolute atomic E-state index is 0. The molecule has 7 heteroatoms. The van der Waals surface area contributed by atoms with Gasteiger partial charge in [-0.15, -0.1) is 24.0 Å². The van der Waals surface area contributed by atoms with Crippen molar-refractivity contribution in [2.45, 2.75) is 40.2 Å². The SMILES string of the molecule is CCNC(=NCc1c(C)noc1C)N1CCC2(CCOC2)C1.I. The molecule has 0 aromatic carbocycles. The van der Waals surface area contributed by atoms with Gasteiger partial charge in [0.1, 0.15) is 5.76 Å². The van der Waals surface area contributed by atoms with E-state index in [1.54, 1.807) is 0 Å². The van der Waals surface area contributed by atoms with Gasteiger partial charge in [0.05, 0.1) is 18.8 Å². The number of likely N-dealkylation sites (tertiary alicyclic amines) is 1. The Morgan fingerprint density at radius 2 is 2.22 bits per heavy atom. The summed E-state index contributed by atoms with van der Waals surface area (Å²) in [5, 5.41) is 7.42. The molecule has 2 aliphatic heterocycles. The highest BCUT2D eigenvalue weighted by Crippen LogP contribution is 2.38. The van der Waals surface area contributed by atoms with E-state index < -0.39 is 0 Å². The lowest BCUT2D eigenvalue weighted by Crippen LogP contribution is -2.41. The van der Waals surface area contributed by atoms with Gasteiger partial charge in [0.25, 0.3) is 0 Å². The zero-order valence-electron chi connectivity index (χ0n) is 14.2. The van der Waals surface area contributed by atoms with Crippen molar-refractivity contribution in [1.29, 1.82) is 0 Å². The van der Waals surface area contributed by atoms with Crippen molar-refractivity contribution in [2.75, 3.05) is 32.8 Å².